The van der Waals surface area contributed by atoms with E-state index in [1.54, 1.807) is 7.11 Å². The van der Waals surface area contributed by atoms with Gasteiger partial charge < -0.3 is 19.7 Å². The molecule has 1 aromatic rings. The highest BCUT2D eigenvalue weighted by Crippen LogP contribution is 2.60. The number of phenolic OH excluding ortho intramolecular Hbond substituents is 2. The van der Waals surface area contributed by atoms with E-state index in [0.29, 0.717) is 41.5 Å². The van der Waals surface area contributed by atoms with Crippen molar-refractivity contribution in [2.45, 2.75) is 42.8 Å². The van der Waals surface area contributed by atoms with Gasteiger partial charge in [0.1, 0.15) is 22.7 Å². The quantitative estimate of drug-likeness (QED) is 0.577. The molecule has 0 saturated carbocycles. The van der Waals surface area contributed by atoms with Crippen LogP contribution in [0.5, 0.6) is 11.5 Å². The van der Waals surface area contributed by atoms with E-state index in [1.807, 2.05) is 24.3 Å². The maximum absolute atomic E-state index is 13.7. The van der Waals surface area contributed by atoms with Gasteiger partial charge in [0.25, 0.3) is 0 Å². The summed E-state index contributed by atoms with van der Waals surface area (Å²) in [6.07, 6.45) is 10.3. The van der Waals surface area contributed by atoms with E-state index in [1.165, 1.54) is 7.11 Å². The highest BCUT2D eigenvalue weighted by molar-refractivity contribution is 6.30. The van der Waals surface area contributed by atoms with Crippen molar-refractivity contribution < 1.29 is 29.3 Å². The molecule has 6 nitrogen and oxygen atoms in total. The first-order chi connectivity index (χ1) is 14.4. The van der Waals surface area contributed by atoms with Gasteiger partial charge in [-0.05, 0) is 25.7 Å². The number of rotatable bonds is 2. The van der Waals surface area contributed by atoms with Gasteiger partial charge in [-0.3, -0.25) is 9.59 Å². The van der Waals surface area contributed by atoms with Crippen molar-refractivity contribution in [1.29, 1.82) is 0 Å². The summed E-state index contributed by atoms with van der Waals surface area (Å²) >= 11 is 0. The predicted octanol–water partition coefficient (Wildman–Crippen LogP) is 3.43. The second-order valence-electron chi connectivity index (χ2n) is 8.88. The molecule has 0 aromatic heterocycles. The van der Waals surface area contributed by atoms with Crippen LogP contribution in [0.3, 0.4) is 0 Å². The molecule has 6 heteroatoms. The van der Waals surface area contributed by atoms with Crippen LogP contribution >= 0.6 is 0 Å². The Morgan fingerprint density at radius 2 is 1.47 bits per heavy atom. The average molecular weight is 406 g/mol. The van der Waals surface area contributed by atoms with Crippen LogP contribution in [0.1, 0.15) is 63.4 Å². The molecule has 154 valence electrons. The van der Waals surface area contributed by atoms with E-state index in [-0.39, 0.29) is 34.5 Å². The fourth-order valence-corrected chi connectivity index (χ4v) is 6.33. The van der Waals surface area contributed by atoms with E-state index >= 15 is 0 Å². The molecule has 2 N–H and O–H groups in total. The van der Waals surface area contributed by atoms with Gasteiger partial charge in [-0.25, -0.2) is 0 Å². The Kier molecular flexibility index (Phi) is 3.32. The minimum Gasteiger partial charge on any atom is -0.507 e. The fourth-order valence-electron chi connectivity index (χ4n) is 6.33. The number of Topliss-reactive ketones (excluding diaryl/α,β-unsaturated/α-hetero) is 2. The number of allylic oxidation sites excluding steroid dienone is 3. The molecule has 4 unspecified atom stereocenters. The standard InChI is InChI=1S/C24H22O6/c1-29-23-7-3-11(4-8-23)13-17(23)21(27)15-16(19(13)25)22(28)18-14(20(15)26)12-5-9-24(18,30-2)10-6-12/h3,5,7,9,11-12,25,27H,4,6,8,10H2,1-2H3. The molecule has 0 aliphatic heterocycles. The van der Waals surface area contributed by atoms with E-state index in [9.17, 15) is 19.8 Å². The summed E-state index contributed by atoms with van der Waals surface area (Å²) in [5, 5.41) is 22.6. The molecule has 0 heterocycles. The van der Waals surface area contributed by atoms with Crippen molar-refractivity contribution in [3.8, 4) is 11.5 Å². The predicted molar refractivity (Wildman–Crippen MR) is 107 cm³/mol. The number of carbonyl (C=O) groups excluding carboxylic acids is 2. The smallest absolute Gasteiger partial charge is 0.197 e. The van der Waals surface area contributed by atoms with Crippen molar-refractivity contribution in [3.63, 3.8) is 0 Å². The first-order valence-corrected chi connectivity index (χ1v) is 10.3. The molecular weight excluding hydrogens is 384 g/mol. The molecule has 1 aromatic carbocycles. The van der Waals surface area contributed by atoms with Gasteiger partial charge in [0, 0.05) is 48.3 Å². The Morgan fingerprint density at radius 3 is 2.07 bits per heavy atom. The molecule has 7 aliphatic carbocycles. The Bertz CT molecular complexity index is 1150. The Balaban J connectivity index is 1.68. The van der Waals surface area contributed by atoms with Crippen LogP contribution < -0.4 is 0 Å². The lowest BCUT2D eigenvalue weighted by molar-refractivity contribution is 0.00407. The van der Waals surface area contributed by atoms with Gasteiger partial charge >= 0.3 is 0 Å². The first-order valence-electron chi connectivity index (χ1n) is 10.3. The number of ether oxygens (including phenoxy) is 2. The maximum atomic E-state index is 13.7. The van der Waals surface area contributed by atoms with Crippen molar-refractivity contribution >= 4 is 11.6 Å². The third-order valence-corrected chi connectivity index (χ3v) is 7.85. The van der Waals surface area contributed by atoms with Gasteiger partial charge in [-0.15, -0.1) is 0 Å². The number of carbonyl (C=O) groups is 2. The number of hydrogen-bond acceptors (Lipinski definition) is 6. The van der Waals surface area contributed by atoms with Crippen molar-refractivity contribution in [1.82, 2.24) is 0 Å². The third-order valence-electron chi connectivity index (χ3n) is 7.85. The molecular formula is C24H22O6. The highest BCUT2D eigenvalue weighted by Gasteiger charge is 2.55. The lowest BCUT2D eigenvalue weighted by Gasteiger charge is -2.47. The van der Waals surface area contributed by atoms with Crippen LogP contribution in [0.15, 0.2) is 35.5 Å². The summed E-state index contributed by atoms with van der Waals surface area (Å²) in [5.41, 5.74) is -0.441. The Labute approximate surface area is 173 Å². The van der Waals surface area contributed by atoms with Crippen LogP contribution in [0.2, 0.25) is 0 Å². The highest BCUT2D eigenvalue weighted by atomic mass is 16.5. The van der Waals surface area contributed by atoms with E-state index in [0.717, 1.165) is 6.42 Å². The zero-order valence-corrected chi connectivity index (χ0v) is 16.8. The topological polar surface area (TPSA) is 93.1 Å². The summed E-state index contributed by atoms with van der Waals surface area (Å²) < 4.78 is 11.5. The van der Waals surface area contributed by atoms with E-state index < -0.39 is 22.8 Å². The summed E-state index contributed by atoms with van der Waals surface area (Å²) in [7, 11) is 3.08. The molecule has 0 saturated heterocycles. The van der Waals surface area contributed by atoms with Crippen LogP contribution in [0.4, 0.5) is 0 Å². The minimum absolute atomic E-state index is 0.0976. The van der Waals surface area contributed by atoms with E-state index in [4.69, 9.17) is 9.47 Å². The SMILES string of the molecule is COC12C=CC(CC1)C1=C2C(=O)c2c(O)c3c(c(O)c2C1=O)C1(OC)C=CC3CC1. The summed E-state index contributed by atoms with van der Waals surface area (Å²) in [4.78, 5) is 27.4. The van der Waals surface area contributed by atoms with Crippen LogP contribution in [-0.2, 0) is 15.1 Å². The van der Waals surface area contributed by atoms with Crippen molar-refractivity contribution in [2.24, 2.45) is 5.92 Å². The van der Waals surface area contributed by atoms with Gasteiger partial charge in [-0.2, -0.15) is 0 Å². The normalized spacial score (nSPS) is 35.0. The monoisotopic (exact) mass is 406 g/mol. The maximum Gasteiger partial charge on any atom is 0.197 e. The van der Waals surface area contributed by atoms with Crippen LogP contribution in [-0.4, -0.2) is 41.6 Å². The molecule has 0 radical (unpaired) electrons. The Morgan fingerprint density at radius 1 is 0.867 bits per heavy atom. The van der Waals surface area contributed by atoms with Gasteiger partial charge in [0.05, 0.1) is 11.1 Å². The van der Waals surface area contributed by atoms with Crippen LogP contribution in [0, 0.1) is 5.92 Å². The zero-order chi connectivity index (χ0) is 21.0. The largest absolute Gasteiger partial charge is 0.507 e. The Hall–Kier alpha value is -2.70. The molecule has 4 atom stereocenters. The molecule has 30 heavy (non-hydrogen) atoms. The minimum atomic E-state index is -0.959. The number of methoxy groups -OCH3 is 2. The lowest BCUT2D eigenvalue weighted by Crippen LogP contribution is -2.47. The number of fused-ring (bicyclic) bond motifs is 3. The zero-order valence-electron chi connectivity index (χ0n) is 16.8. The second-order valence-corrected chi connectivity index (χ2v) is 8.88. The number of phenols is 2. The van der Waals surface area contributed by atoms with Crippen molar-refractivity contribution in [2.75, 3.05) is 14.2 Å². The number of benzene rings is 1. The second kappa shape index (κ2) is 5.50. The summed E-state index contributed by atoms with van der Waals surface area (Å²) in [6, 6.07) is 0. The molecule has 0 fully saturated rings. The third kappa shape index (κ3) is 1.79. The number of hydrogen-bond donors (Lipinski definition) is 2. The first kappa shape index (κ1) is 18.1. The van der Waals surface area contributed by atoms with Gasteiger partial charge in [0.2, 0.25) is 0 Å². The lowest BCUT2D eigenvalue weighted by atomic mass is 9.60. The molecule has 0 amide bonds. The average Bonchev–Trinajstić information content (AvgIpc) is 2.80. The summed E-state index contributed by atoms with van der Waals surface area (Å²) in [6.45, 7) is 0. The van der Waals surface area contributed by atoms with Gasteiger partial charge in [-0.1, -0.05) is 24.3 Å². The fraction of sp³-hybridized carbons (Fsp3) is 0.417. The van der Waals surface area contributed by atoms with Crippen LogP contribution in [0.25, 0.3) is 0 Å². The van der Waals surface area contributed by atoms with Crippen molar-refractivity contribution in [3.05, 3.63) is 57.7 Å². The number of ketones is 2. The molecule has 7 aliphatic rings. The van der Waals surface area contributed by atoms with Gasteiger partial charge in [0.15, 0.2) is 11.6 Å². The molecule has 8 rings (SSSR count). The molecule has 4 bridgehead atoms. The molecule has 0 spiro atoms. The summed E-state index contributed by atoms with van der Waals surface area (Å²) in [5.74, 6) is -1.60. The number of aromatic hydroxyl groups is 2. The van der Waals surface area contributed by atoms with E-state index in [2.05, 4.69) is 0 Å².